The van der Waals surface area contributed by atoms with Gasteiger partial charge in [-0.15, -0.1) is 11.3 Å². The lowest BCUT2D eigenvalue weighted by Gasteiger charge is -2.40. The molecule has 5 rings (SSSR count). The zero-order chi connectivity index (χ0) is 27.1. The van der Waals surface area contributed by atoms with Gasteiger partial charge in [-0.2, -0.15) is 13.2 Å². The van der Waals surface area contributed by atoms with E-state index in [2.05, 4.69) is 45.4 Å². The molecule has 0 radical (unpaired) electrons. The fourth-order valence-corrected chi connectivity index (χ4v) is 5.20. The molecule has 3 aromatic rings. The van der Waals surface area contributed by atoms with Gasteiger partial charge in [0.2, 0.25) is 0 Å². The number of methoxy groups -OCH3 is 1. The molecule has 0 atom stereocenters. The number of thiazole rings is 1. The Hall–Kier alpha value is -2.93. The summed E-state index contributed by atoms with van der Waals surface area (Å²) in [7, 11) is 1.70. The molecule has 2 fully saturated rings. The van der Waals surface area contributed by atoms with Crippen molar-refractivity contribution < 1.29 is 32.5 Å². The number of hydrogen-bond donors (Lipinski definition) is 2. The van der Waals surface area contributed by atoms with Crippen LogP contribution in [0.25, 0.3) is 20.8 Å². The van der Waals surface area contributed by atoms with E-state index in [1.807, 2.05) is 12.1 Å². The summed E-state index contributed by atoms with van der Waals surface area (Å²) in [5, 5.41) is 11.6. The first-order chi connectivity index (χ1) is 18.2. The Morgan fingerprint density at radius 1 is 1.16 bits per heavy atom. The number of alkyl halides is 3. The summed E-state index contributed by atoms with van der Waals surface area (Å²) in [5.41, 5.74) is 3.43. The Balaban J connectivity index is 0.000000426. The van der Waals surface area contributed by atoms with Crippen molar-refractivity contribution >= 4 is 33.2 Å². The number of carboxylic acids is 1. The predicted octanol–water partition coefficient (Wildman–Crippen LogP) is 4.11. The SMILES string of the molecule is COc1ccc2nc(-c3ccc(N4CC(OCCCN5CCNCC5)C4)cc3)sc2c1.O=C(O)C(F)(F)F. The number of ether oxygens (including phenoxy) is 2. The number of fused-ring (bicyclic) bond motifs is 1. The van der Waals surface area contributed by atoms with Crippen LogP contribution in [0.2, 0.25) is 0 Å². The second kappa shape index (κ2) is 12.7. The van der Waals surface area contributed by atoms with Crippen LogP contribution in [0.15, 0.2) is 42.5 Å². The van der Waals surface area contributed by atoms with Crippen molar-refractivity contribution in [1.29, 1.82) is 0 Å². The van der Waals surface area contributed by atoms with Gasteiger partial charge in [0.25, 0.3) is 0 Å². The lowest BCUT2D eigenvalue weighted by molar-refractivity contribution is -0.192. The maximum Gasteiger partial charge on any atom is 0.490 e. The first-order valence-electron chi connectivity index (χ1n) is 12.4. The second-order valence-corrected chi connectivity index (χ2v) is 10.1. The van der Waals surface area contributed by atoms with Gasteiger partial charge >= 0.3 is 12.1 Å². The summed E-state index contributed by atoms with van der Waals surface area (Å²) in [6.07, 6.45) is -3.60. The van der Waals surface area contributed by atoms with Crippen LogP contribution < -0.4 is 15.0 Å². The highest BCUT2D eigenvalue weighted by molar-refractivity contribution is 7.21. The van der Waals surface area contributed by atoms with Gasteiger partial charge in [-0.25, -0.2) is 9.78 Å². The molecule has 206 valence electrons. The number of carbonyl (C=O) groups is 1. The Morgan fingerprint density at radius 2 is 1.84 bits per heavy atom. The average Bonchev–Trinajstić information content (AvgIpc) is 3.31. The molecular formula is C26H31F3N4O4S. The summed E-state index contributed by atoms with van der Waals surface area (Å²) in [6, 6.07) is 14.8. The number of hydrogen-bond acceptors (Lipinski definition) is 8. The molecule has 2 aliphatic rings. The third-order valence-corrected chi connectivity index (χ3v) is 7.41. The summed E-state index contributed by atoms with van der Waals surface area (Å²) in [4.78, 5) is 18.6. The van der Waals surface area contributed by atoms with Crippen molar-refractivity contribution in [2.75, 3.05) is 64.4 Å². The van der Waals surface area contributed by atoms with Gasteiger partial charge in [0.1, 0.15) is 10.8 Å². The van der Waals surface area contributed by atoms with Crippen molar-refractivity contribution in [3.8, 4) is 16.3 Å². The van der Waals surface area contributed by atoms with Crippen molar-refractivity contribution in [3.05, 3.63) is 42.5 Å². The van der Waals surface area contributed by atoms with Crippen molar-refractivity contribution in [1.82, 2.24) is 15.2 Å². The number of rotatable bonds is 8. The third-order valence-electron chi connectivity index (χ3n) is 6.35. The maximum absolute atomic E-state index is 10.6. The zero-order valence-electron chi connectivity index (χ0n) is 21.0. The van der Waals surface area contributed by atoms with Gasteiger partial charge in [0.05, 0.1) is 23.4 Å². The van der Waals surface area contributed by atoms with Gasteiger partial charge in [-0.05, 0) is 48.9 Å². The van der Waals surface area contributed by atoms with Gasteiger partial charge in [-0.3, -0.25) is 0 Å². The number of halogens is 3. The molecule has 0 amide bonds. The molecule has 38 heavy (non-hydrogen) atoms. The monoisotopic (exact) mass is 552 g/mol. The fourth-order valence-electron chi connectivity index (χ4n) is 4.20. The molecule has 0 saturated carbocycles. The van der Waals surface area contributed by atoms with Gasteiger partial charge in [-0.1, -0.05) is 0 Å². The highest BCUT2D eigenvalue weighted by Gasteiger charge is 2.38. The standard InChI is InChI=1S/C24H30N4O2S.C2HF3O2/c1-29-20-7-8-22-23(15-20)31-24(26-22)18-3-5-19(6-4-18)28-16-21(17-28)30-14-2-11-27-12-9-25-10-13-27;3-2(4,5)1(6)7/h3-8,15,21,25H,2,9-14,16-17H2,1H3;(H,6,7). The van der Waals surface area contributed by atoms with E-state index < -0.39 is 12.1 Å². The van der Waals surface area contributed by atoms with E-state index in [-0.39, 0.29) is 0 Å². The molecule has 3 heterocycles. The summed E-state index contributed by atoms with van der Waals surface area (Å²) < 4.78 is 44.3. The van der Waals surface area contributed by atoms with Crippen molar-refractivity contribution in [2.45, 2.75) is 18.7 Å². The van der Waals surface area contributed by atoms with Gasteiger partial charge in [0, 0.05) is 63.7 Å². The Morgan fingerprint density at radius 3 is 2.47 bits per heavy atom. The van der Waals surface area contributed by atoms with Gasteiger partial charge in [0.15, 0.2) is 0 Å². The zero-order valence-corrected chi connectivity index (χ0v) is 21.9. The van der Waals surface area contributed by atoms with E-state index in [1.165, 1.54) is 18.8 Å². The minimum atomic E-state index is -5.08. The fraction of sp³-hybridized carbons (Fsp3) is 0.462. The molecule has 0 bridgehead atoms. The van der Waals surface area contributed by atoms with Crippen LogP contribution in [0, 0.1) is 0 Å². The van der Waals surface area contributed by atoms with Crippen LogP contribution in [-0.2, 0) is 9.53 Å². The van der Waals surface area contributed by atoms with E-state index >= 15 is 0 Å². The van der Waals surface area contributed by atoms with E-state index in [4.69, 9.17) is 24.4 Å². The predicted molar refractivity (Wildman–Crippen MR) is 141 cm³/mol. The van der Waals surface area contributed by atoms with E-state index in [0.717, 1.165) is 72.3 Å². The van der Waals surface area contributed by atoms with E-state index in [0.29, 0.717) is 6.10 Å². The summed E-state index contributed by atoms with van der Waals surface area (Å²) in [6.45, 7) is 8.54. The molecule has 2 N–H and O–H groups in total. The van der Waals surface area contributed by atoms with E-state index in [1.54, 1.807) is 18.4 Å². The number of anilines is 1. The first kappa shape index (κ1) is 28.1. The average molecular weight is 553 g/mol. The van der Waals surface area contributed by atoms with Crippen LogP contribution in [0.4, 0.5) is 18.9 Å². The molecule has 0 spiro atoms. The highest BCUT2D eigenvalue weighted by atomic mass is 32.1. The molecule has 8 nitrogen and oxygen atoms in total. The smallest absolute Gasteiger partial charge is 0.490 e. The minimum absolute atomic E-state index is 0.363. The second-order valence-electron chi connectivity index (χ2n) is 9.05. The van der Waals surface area contributed by atoms with Crippen LogP contribution in [-0.4, -0.2) is 92.8 Å². The van der Waals surface area contributed by atoms with Crippen LogP contribution >= 0.6 is 11.3 Å². The normalized spacial score (nSPS) is 16.6. The quantitative estimate of drug-likeness (QED) is 0.404. The van der Waals surface area contributed by atoms with Crippen LogP contribution in [0.3, 0.4) is 0 Å². The number of aliphatic carboxylic acids is 1. The lowest BCUT2D eigenvalue weighted by atomic mass is 10.1. The molecule has 0 aliphatic carbocycles. The molecule has 0 unspecified atom stereocenters. The number of piperazine rings is 1. The number of carboxylic acid groups (broad SMARTS) is 1. The molecule has 12 heteroatoms. The molecule has 2 aliphatic heterocycles. The molecule has 2 saturated heterocycles. The van der Waals surface area contributed by atoms with Crippen molar-refractivity contribution in [2.24, 2.45) is 0 Å². The minimum Gasteiger partial charge on any atom is -0.497 e. The molecule has 1 aromatic heterocycles. The van der Waals surface area contributed by atoms with E-state index in [9.17, 15) is 13.2 Å². The Kier molecular flexibility index (Phi) is 9.42. The van der Waals surface area contributed by atoms with Crippen LogP contribution in [0.1, 0.15) is 6.42 Å². The Labute approximate surface area is 223 Å². The Bertz CT molecular complexity index is 1190. The molecular weight excluding hydrogens is 521 g/mol. The third kappa shape index (κ3) is 7.56. The largest absolute Gasteiger partial charge is 0.497 e. The maximum atomic E-state index is 10.6. The number of nitrogens with one attached hydrogen (secondary N) is 1. The lowest BCUT2D eigenvalue weighted by Crippen LogP contribution is -2.52. The summed E-state index contributed by atoms with van der Waals surface area (Å²) in [5.74, 6) is -1.89. The topological polar surface area (TPSA) is 87.2 Å². The number of aromatic nitrogens is 1. The first-order valence-corrected chi connectivity index (χ1v) is 13.2. The number of nitrogens with zero attached hydrogens (tertiary/aromatic N) is 3. The van der Waals surface area contributed by atoms with Crippen molar-refractivity contribution in [3.63, 3.8) is 0 Å². The van der Waals surface area contributed by atoms with Crippen LogP contribution in [0.5, 0.6) is 5.75 Å². The molecule has 2 aromatic carbocycles. The number of benzene rings is 2. The van der Waals surface area contributed by atoms with Gasteiger partial charge < -0.3 is 29.7 Å². The highest BCUT2D eigenvalue weighted by Crippen LogP contribution is 2.33. The summed E-state index contributed by atoms with van der Waals surface area (Å²) >= 11 is 1.70.